The average Bonchev–Trinajstić information content (AvgIpc) is 2.59. The standard InChI is InChI=1S/C16H22N4O3/c1-18(7-2-10-21)14-5-8-19(9-6-14)16-4-3-15(20(22)23)11-13(16)12-17/h3-4,11,14,21H,2,5-10H2,1H3. The number of nitriles is 1. The second-order valence-corrected chi connectivity index (χ2v) is 5.85. The first-order valence-corrected chi connectivity index (χ1v) is 7.81. The fraction of sp³-hybridized carbons (Fsp3) is 0.562. The monoisotopic (exact) mass is 318 g/mol. The van der Waals surface area contributed by atoms with Crippen molar-refractivity contribution in [1.29, 1.82) is 5.26 Å². The lowest BCUT2D eigenvalue weighted by molar-refractivity contribution is -0.384. The summed E-state index contributed by atoms with van der Waals surface area (Å²) in [5, 5.41) is 29.0. The van der Waals surface area contributed by atoms with Crippen LogP contribution in [0.15, 0.2) is 18.2 Å². The van der Waals surface area contributed by atoms with Gasteiger partial charge < -0.3 is 14.9 Å². The highest BCUT2D eigenvalue weighted by molar-refractivity contribution is 5.63. The van der Waals surface area contributed by atoms with Crippen LogP contribution in [-0.2, 0) is 0 Å². The molecule has 1 fully saturated rings. The number of hydrogen-bond acceptors (Lipinski definition) is 6. The van der Waals surface area contributed by atoms with E-state index in [2.05, 4.69) is 22.9 Å². The van der Waals surface area contributed by atoms with Gasteiger partial charge in [0.05, 0.1) is 16.2 Å². The van der Waals surface area contributed by atoms with E-state index < -0.39 is 4.92 Å². The predicted octanol–water partition coefficient (Wildman–Crippen LogP) is 1.75. The number of benzene rings is 1. The van der Waals surface area contributed by atoms with Gasteiger partial charge in [0.1, 0.15) is 6.07 Å². The van der Waals surface area contributed by atoms with Crippen LogP contribution in [-0.4, -0.2) is 54.3 Å². The maximum atomic E-state index is 10.8. The van der Waals surface area contributed by atoms with Gasteiger partial charge in [0, 0.05) is 44.4 Å². The molecule has 0 radical (unpaired) electrons. The Morgan fingerprint density at radius 2 is 2.17 bits per heavy atom. The highest BCUT2D eigenvalue weighted by atomic mass is 16.6. The largest absolute Gasteiger partial charge is 0.396 e. The molecule has 0 saturated carbocycles. The van der Waals surface area contributed by atoms with Gasteiger partial charge in [-0.25, -0.2) is 0 Å². The van der Waals surface area contributed by atoms with E-state index in [9.17, 15) is 15.4 Å². The lowest BCUT2D eigenvalue weighted by Crippen LogP contribution is -2.44. The van der Waals surface area contributed by atoms with Gasteiger partial charge in [-0.1, -0.05) is 0 Å². The molecule has 124 valence electrons. The molecule has 1 heterocycles. The zero-order chi connectivity index (χ0) is 16.8. The normalized spacial score (nSPS) is 15.7. The molecule has 0 unspecified atom stereocenters. The summed E-state index contributed by atoms with van der Waals surface area (Å²) in [5.74, 6) is 0. The topological polar surface area (TPSA) is 93.6 Å². The van der Waals surface area contributed by atoms with Crippen molar-refractivity contribution in [1.82, 2.24) is 4.90 Å². The summed E-state index contributed by atoms with van der Waals surface area (Å²) in [5.41, 5.74) is 1.07. The second-order valence-electron chi connectivity index (χ2n) is 5.85. The number of non-ortho nitro benzene ring substituents is 1. The van der Waals surface area contributed by atoms with E-state index in [1.165, 1.54) is 12.1 Å². The third-order valence-electron chi connectivity index (χ3n) is 4.41. The van der Waals surface area contributed by atoms with Crippen molar-refractivity contribution >= 4 is 11.4 Å². The Hall–Kier alpha value is -2.17. The van der Waals surface area contributed by atoms with Gasteiger partial charge in [0.15, 0.2) is 0 Å². The third kappa shape index (κ3) is 4.18. The second kappa shape index (κ2) is 7.90. The van der Waals surface area contributed by atoms with Crippen molar-refractivity contribution in [3.8, 4) is 6.07 Å². The third-order valence-corrected chi connectivity index (χ3v) is 4.41. The summed E-state index contributed by atoms with van der Waals surface area (Å²) in [4.78, 5) is 14.7. The minimum absolute atomic E-state index is 0.0519. The van der Waals surface area contributed by atoms with E-state index >= 15 is 0 Å². The smallest absolute Gasteiger partial charge is 0.270 e. The molecule has 0 amide bonds. The van der Waals surface area contributed by atoms with Gasteiger partial charge in [-0.3, -0.25) is 10.1 Å². The van der Waals surface area contributed by atoms with E-state index in [1.807, 2.05) is 0 Å². The van der Waals surface area contributed by atoms with Crippen LogP contribution >= 0.6 is 0 Å². The molecule has 0 aromatic heterocycles. The van der Waals surface area contributed by atoms with Gasteiger partial charge in [-0.05, 0) is 32.4 Å². The summed E-state index contributed by atoms with van der Waals surface area (Å²) >= 11 is 0. The van der Waals surface area contributed by atoms with Crippen LogP contribution in [0.5, 0.6) is 0 Å². The van der Waals surface area contributed by atoms with Crippen molar-refractivity contribution in [3.63, 3.8) is 0 Å². The zero-order valence-corrected chi connectivity index (χ0v) is 13.3. The van der Waals surface area contributed by atoms with Crippen molar-refractivity contribution in [2.45, 2.75) is 25.3 Å². The number of nitro groups is 1. The molecule has 7 nitrogen and oxygen atoms in total. The van der Waals surface area contributed by atoms with Crippen LogP contribution in [0.1, 0.15) is 24.8 Å². The number of anilines is 1. The lowest BCUT2D eigenvalue weighted by atomic mass is 10.0. The fourth-order valence-corrected chi connectivity index (χ4v) is 3.05. The highest BCUT2D eigenvalue weighted by Gasteiger charge is 2.24. The molecule has 1 saturated heterocycles. The van der Waals surface area contributed by atoms with Gasteiger partial charge in [-0.15, -0.1) is 0 Å². The molecule has 0 atom stereocenters. The fourth-order valence-electron chi connectivity index (χ4n) is 3.05. The number of hydrogen-bond donors (Lipinski definition) is 1. The molecule has 1 aromatic carbocycles. The quantitative estimate of drug-likeness (QED) is 0.634. The predicted molar refractivity (Wildman–Crippen MR) is 87.4 cm³/mol. The molecule has 23 heavy (non-hydrogen) atoms. The molecular formula is C16H22N4O3. The molecule has 1 aliphatic rings. The van der Waals surface area contributed by atoms with Gasteiger partial charge in [-0.2, -0.15) is 5.26 Å². The lowest BCUT2D eigenvalue weighted by Gasteiger charge is -2.38. The van der Waals surface area contributed by atoms with Crippen LogP contribution < -0.4 is 4.90 Å². The Kier molecular flexibility index (Phi) is 5.90. The zero-order valence-electron chi connectivity index (χ0n) is 13.3. The number of rotatable bonds is 6. The Labute approximate surface area is 135 Å². The average molecular weight is 318 g/mol. The van der Waals surface area contributed by atoms with Crippen LogP contribution in [0, 0.1) is 21.4 Å². The Morgan fingerprint density at radius 3 is 2.74 bits per heavy atom. The number of piperidine rings is 1. The Morgan fingerprint density at radius 1 is 1.48 bits per heavy atom. The summed E-state index contributed by atoms with van der Waals surface area (Å²) in [6.07, 6.45) is 2.73. The molecule has 1 aromatic rings. The van der Waals surface area contributed by atoms with E-state index in [0.29, 0.717) is 11.6 Å². The van der Waals surface area contributed by atoms with Gasteiger partial charge in [0.25, 0.3) is 5.69 Å². The summed E-state index contributed by atoms with van der Waals surface area (Å²) < 4.78 is 0. The van der Waals surface area contributed by atoms with E-state index in [-0.39, 0.29) is 12.3 Å². The van der Waals surface area contributed by atoms with E-state index in [0.717, 1.165) is 44.6 Å². The molecule has 2 rings (SSSR count). The minimum Gasteiger partial charge on any atom is -0.396 e. The van der Waals surface area contributed by atoms with Crippen LogP contribution in [0.3, 0.4) is 0 Å². The minimum atomic E-state index is -0.479. The van der Waals surface area contributed by atoms with Crippen LogP contribution in [0.2, 0.25) is 0 Å². The maximum absolute atomic E-state index is 10.8. The van der Waals surface area contributed by atoms with Gasteiger partial charge in [0.2, 0.25) is 0 Å². The molecule has 0 spiro atoms. The Balaban J connectivity index is 2.03. The van der Waals surface area contributed by atoms with Crippen LogP contribution in [0.4, 0.5) is 11.4 Å². The molecule has 0 aliphatic carbocycles. The first kappa shape index (κ1) is 17.2. The summed E-state index contributed by atoms with van der Waals surface area (Å²) in [7, 11) is 2.07. The maximum Gasteiger partial charge on any atom is 0.270 e. The number of aliphatic hydroxyl groups is 1. The first-order valence-electron chi connectivity index (χ1n) is 7.81. The van der Waals surface area contributed by atoms with E-state index in [4.69, 9.17) is 5.11 Å². The summed E-state index contributed by atoms with van der Waals surface area (Å²) in [6.45, 7) is 2.72. The number of aliphatic hydroxyl groups excluding tert-OH is 1. The molecule has 1 N–H and O–H groups in total. The SMILES string of the molecule is CN(CCCO)C1CCN(c2ccc([N+](=O)[O-])cc2C#N)CC1. The highest BCUT2D eigenvalue weighted by Crippen LogP contribution is 2.28. The molecular weight excluding hydrogens is 296 g/mol. The molecule has 1 aliphatic heterocycles. The molecule has 7 heteroatoms. The van der Waals surface area contributed by atoms with E-state index in [1.54, 1.807) is 6.07 Å². The van der Waals surface area contributed by atoms with Crippen molar-refractivity contribution in [2.75, 3.05) is 38.2 Å². The number of nitro benzene ring substituents is 1. The van der Waals surface area contributed by atoms with Crippen molar-refractivity contribution in [2.24, 2.45) is 0 Å². The van der Waals surface area contributed by atoms with Gasteiger partial charge >= 0.3 is 0 Å². The molecule has 0 bridgehead atoms. The van der Waals surface area contributed by atoms with Crippen molar-refractivity contribution in [3.05, 3.63) is 33.9 Å². The van der Waals surface area contributed by atoms with Crippen LogP contribution in [0.25, 0.3) is 0 Å². The first-order chi connectivity index (χ1) is 11.1. The Bertz CT molecular complexity index is 591. The summed E-state index contributed by atoms with van der Waals surface area (Å²) in [6, 6.07) is 7.01. The number of nitrogens with zero attached hydrogens (tertiary/aromatic N) is 4. The van der Waals surface area contributed by atoms with Crippen molar-refractivity contribution < 1.29 is 10.0 Å².